The third kappa shape index (κ3) is 2.07. The summed E-state index contributed by atoms with van der Waals surface area (Å²) in [6.45, 7) is 0. The smallest absolute Gasteiger partial charge is 0.321 e. The number of phenols is 2. The van der Waals surface area contributed by atoms with E-state index in [-0.39, 0.29) is 16.9 Å². The van der Waals surface area contributed by atoms with Crippen molar-refractivity contribution in [2.75, 3.05) is 5.75 Å². The number of benzene rings is 1. The summed E-state index contributed by atoms with van der Waals surface area (Å²) >= 11 is 1.46. The average molecular weight is 241 g/mol. The predicted octanol–water partition coefficient (Wildman–Crippen LogP) is 0.886. The number of hydrogen-bond acceptors (Lipinski definition) is 5. The van der Waals surface area contributed by atoms with Crippen LogP contribution >= 0.6 is 11.8 Å². The molecule has 1 aromatic rings. The first kappa shape index (κ1) is 11.1. The predicted molar refractivity (Wildman–Crippen MR) is 59.5 cm³/mol. The van der Waals surface area contributed by atoms with Crippen molar-refractivity contribution in [1.29, 1.82) is 0 Å². The van der Waals surface area contributed by atoms with Crippen LogP contribution in [0.4, 0.5) is 0 Å². The van der Waals surface area contributed by atoms with Gasteiger partial charge in [0, 0.05) is 5.75 Å². The molecule has 2 rings (SSSR count). The number of phenolic OH excluding ortho intramolecular Hbond substituents is 2. The van der Waals surface area contributed by atoms with Gasteiger partial charge in [-0.2, -0.15) is 0 Å². The normalized spacial score (nSPS) is 24.5. The Labute approximate surface area is 96.1 Å². The minimum Gasteiger partial charge on any atom is -0.504 e. The molecule has 86 valence electrons. The zero-order chi connectivity index (χ0) is 11.7. The van der Waals surface area contributed by atoms with Crippen LogP contribution in [0.15, 0.2) is 18.2 Å². The van der Waals surface area contributed by atoms with Gasteiger partial charge in [-0.3, -0.25) is 10.1 Å². The number of thioether (sulfide) groups is 1. The number of carboxylic acid groups (broad SMARTS) is 1. The lowest BCUT2D eigenvalue weighted by Crippen LogP contribution is -2.33. The maximum atomic E-state index is 10.7. The van der Waals surface area contributed by atoms with Gasteiger partial charge in [-0.25, -0.2) is 0 Å². The molecule has 0 saturated carbocycles. The maximum Gasteiger partial charge on any atom is 0.321 e. The summed E-state index contributed by atoms with van der Waals surface area (Å²) in [5, 5.41) is 30.1. The molecule has 0 spiro atoms. The van der Waals surface area contributed by atoms with Crippen LogP contribution < -0.4 is 5.32 Å². The van der Waals surface area contributed by atoms with Gasteiger partial charge in [0.15, 0.2) is 11.5 Å². The van der Waals surface area contributed by atoms with E-state index in [1.807, 2.05) is 0 Å². The van der Waals surface area contributed by atoms with Gasteiger partial charge in [-0.1, -0.05) is 6.07 Å². The zero-order valence-corrected chi connectivity index (χ0v) is 9.07. The lowest BCUT2D eigenvalue weighted by atomic mass is 10.2. The maximum absolute atomic E-state index is 10.7. The van der Waals surface area contributed by atoms with Crippen LogP contribution in [-0.2, 0) is 4.79 Å². The lowest BCUT2D eigenvalue weighted by molar-refractivity contribution is -0.138. The number of aromatic hydroxyl groups is 2. The van der Waals surface area contributed by atoms with Crippen molar-refractivity contribution in [3.63, 3.8) is 0 Å². The van der Waals surface area contributed by atoms with E-state index in [9.17, 15) is 9.90 Å². The van der Waals surface area contributed by atoms with E-state index >= 15 is 0 Å². The minimum absolute atomic E-state index is 0.160. The van der Waals surface area contributed by atoms with E-state index in [1.54, 1.807) is 6.07 Å². The van der Waals surface area contributed by atoms with Crippen molar-refractivity contribution < 1.29 is 20.1 Å². The quantitative estimate of drug-likeness (QED) is 0.575. The van der Waals surface area contributed by atoms with E-state index in [0.717, 1.165) is 5.56 Å². The summed E-state index contributed by atoms with van der Waals surface area (Å²) in [6.07, 6.45) is 0. The molecule has 1 saturated heterocycles. The van der Waals surface area contributed by atoms with Gasteiger partial charge in [-0.05, 0) is 17.7 Å². The van der Waals surface area contributed by atoms with Crippen molar-refractivity contribution in [2.24, 2.45) is 0 Å². The Bertz CT molecular complexity index is 423. The number of hydrogen-bond donors (Lipinski definition) is 4. The Kier molecular flexibility index (Phi) is 2.93. The topological polar surface area (TPSA) is 89.8 Å². The fourth-order valence-electron chi connectivity index (χ4n) is 1.51. The molecule has 1 fully saturated rings. The summed E-state index contributed by atoms with van der Waals surface area (Å²) in [7, 11) is 0. The van der Waals surface area contributed by atoms with Crippen molar-refractivity contribution in [1.82, 2.24) is 5.32 Å². The third-order valence-electron chi connectivity index (χ3n) is 2.38. The molecule has 1 heterocycles. The Morgan fingerprint density at radius 3 is 2.69 bits per heavy atom. The highest BCUT2D eigenvalue weighted by Gasteiger charge is 2.30. The highest BCUT2D eigenvalue weighted by molar-refractivity contribution is 7.99. The third-order valence-corrected chi connectivity index (χ3v) is 3.65. The van der Waals surface area contributed by atoms with Gasteiger partial charge in [0.1, 0.15) is 6.04 Å². The first-order valence-electron chi connectivity index (χ1n) is 4.70. The van der Waals surface area contributed by atoms with Crippen molar-refractivity contribution >= 4 is 17.7 Å². The number of rotatable bonds is 2. The zero-order valence-electron chi connectivity index (χ0n) is 8.25. The van der Waals surface area contributed by atoms with E-state index in [2.05, 4.69) is 5.32 Å². The van der Waals surface area contributed by atoms with Gasteiger partial charge in [0.25, 0.3) is 0 Å². The number of aliphatic carboxylic acids is 1. The molecule has 0 aliphatic carbocycles. The molecule has 0 unspecified atom stereocenters. The Morgan fingerprint density at radius 2 is 2.12 bits per heavy atom. The molecule has 5 nitrogen and oxygen atoms in total. The fourth-order valence-corrected chi connectivity index (χ4v) is 2.73. The number of carbonyl (C=O) groups is 1. The SMILES string of the molecule is O=C(O)[C@@H]1CS[C@H](c2ccc(O)c(O)c2)N1. The summed E-state index contributed by atoms with van der Waals surface area (Å²) < 4.78 is 0. The van der Waals surface area contributed by atoms with Crippen LogP contribution in [0.5, 0.6) is 11.5 Å². The highest BCUT2D eigenvalue weighted by atomic mass is 32.2. The number of carboxylic acids is 1. The Hall–Kier alpha value is -1.40. The molecular formula is C10H11NO4S. The second-order valence-electron chi connectivity index (χ2n) is 3.52. The second kappa shape index (κ2) is 4.23. The standard InChI is InChI=1S/C10H11NO4S/c12-7-2-1-5(3-8(7)13)9-11-6(4-16-9)10(14)15/h1-3,6,9,11-13H,4H2,(H,14,15)/t6-,9+/m0/s1. The molecule has 0 radical (unpaired) electrons. The molecule has 1 aliphatic rings. The number of nitrogens with one attached hydrogen (secondary N) is 1. The summed E-state index contributed by atoms with van der Waals surface area (Å²) in [6, 6.07) is 3.92. The van der Waals surface area contributed by atoms with Crippen LogP contribution in [0.2, 0.25) is 0 Å². The van der Waals surface area contributed by atoms with Crippen LogP contribution in [0.1, 0.15) is 10.9 Å². The van der Waals surface area contributed by atoms with E-state index in [0.29, 0.717) is 5.75 Å². The summed E-state index contributed by atoms with van der Waals surface area (Å²) in [4.78, 5) is 10.7. The van der Waals surface area contributed by atoms with Crippen molar-refractivity contribution in [2.45, 2.75) is 11.4 Å². The summed E-state index contributed by atoms with van der Waals surface area (Å²) in [5.41, 5.74) is 0.754. The lowest BCUT2D eigenvalue weighted by Gasteiger charge is -2.11. The Balaban J connectivity index is 2.14. The van der Waals surface area contributed by atoms with Gasteiger partial charge in [0.05, 0.1) is 5.37 Å². The molecule has 2 atom stereocenters. The molecule has 0 aromatic heterocycles. The van der Waals surface area contributed by atoms with Gasteiger partial charge >= 0.3 is 5.97 Å². The first-order chi connectivity index (χ1) is 7.58. The average Bonchev–Trinajstić information content (AvgIpc) is 2.71. The van der Waals surface area contributed by atoms with Crippen LogP contribution in [-0.4, -0.2) is 33.1 Å². The Morgan fingerprint density at radius 1 is 1.38 bits per heavy atom. The fraction of sp³-hybridized carbons (Fsp3) is 0.300. The van der Waals surface area contributed by atoms with E-state index in [1.165, 1.54) is 23.9 Å². The van der Waals surface area contributed by atoms with Gasteiger partial charge < -0.3 is 15.3 Å². The summed E-state index contributed by atoms with van der Waals surface area (Å²) in [5.74, 6) is -0.764. The molecule has 0 amide bonds. The van der Waals surface area contributed by atoms with Gasteiger partial charge in [0.2, 0.25) is 0 Å². The molecule has 16 heavy (non-hydrogen) atoms. The van der Waals surface area contributed by atoms with Gasteiger partial charge in [-0.15, -0.1) is 11.8 Å². The molecule has 4 N–H and O–H groups in total. The molecule has 6 heteroatoms. The molecule has 1 aliphatic heterocycles. The minimum atomic E-state index is -0.877. The highest BCUT2D eigenvalue weighted by Crippen LogP contribution is 2.36. The van der Waals surface area contributed by atoms with E-state index < -0.39 is 12.0 Å². The molecule has 0 bridgehead atoms. The monoisotopic (exact) mass is 241 g/mol. The van der Waals surface area contributed by atoms with Crippen LogP contribution in [0.25, 0.3) is 0 Å². The first-order valence-corrected chi connectivity index (χ1v) is 5.75. The molecule has 1 aromatic carbocycles. The second-order valence-corrected chi connectivity index (χ2v) is 4.66. The van der Waals surface area contributed by atoms with Crippen molar-refractivity contribution in [3.05, 3.63) is 23.8 Å². The molecular weight excluding hydrogens is 230 g/mol. The van der Waals surface area contributed by atoms with E-state index in [4.69, 9.17) is 10.2 Å². The van der Waals surface area contributed by atoms with Crippen LogP contribution in [0.3, 0.4) is 0 Å². The largest absolute Gasteiger partial charge is 0.504 e. The van der Waals surface area contributed by atoms with Crippen molar-refractivity contribution in [3.8, 4) is 11.5 Å². The van der Waals surface area contributed by atoms with Crippen LogP contribution in [0, 0.1) is 0 Å².